The average Bonchev–Trinajstić information content (AvgIpc) is 2.48. The van der Waals surface area contributed by atoms with E-state index in [1.807, 2.05) is 6.07 Å². The predicted octanol–water partition coefficient (Wildman–Crippen LogP) is 3.31. The second-order valence-corrected chi connectivity index (χ2v) is 4.95. The van der Waals surface area contributed by atoms with Crippen molar-refractivity contribution in [2.45, 2.75) is 13.0 Å². The molecule has 2 heteroatoms. The van der Waals surface area contributed by atoms with Crippen molar-refractivity contribution in [3.8, 4) is 11.1 Å². The van der Waals surface area contributed by atoms with Crippen LogP contribution in [0.25, 0.3) is 11.1 Å². The molecule has 2 aromatic rings. The van der Waals surface area contributed by atoms with Gasteiger partial charge in [0.05, 0.1) is 0 Å². The van der Waals surface area contributed by atoms with E-state index in [0.29, 0.717) is 0 Å². The fraction of sp³-hybridized carbons (Fsp3) is 0.294. The van der Waals surface area contributed by atoms with E-state index >= 15 is 0 Å². The van der Waals surface area contributed by atoms with Gasteiger partial charge in [-0.05, 0) is 30.3 Å². The van der Waals surface area contributed by atoms with Crippen LogP contribution < -0.4 is 5.73 Å². The molecule has 19 heavy (non-hydrogen) atoms. The molecule has 0 fully saturated rings. The molecule has 0 amide bonds. The third-order valence-corrected chi connectivity index (χ3v) is 3.49. The number of benzene rings is 2. The first-order valence-corrected chi connectivity index (χ1v) is 6.80. The molecule has 2 N–H and O–H groups in total. The molecule has 2 aromatic carbocycles. The van der Waals surface area contributed by atoms with Gasteiger partial charge in [-0.2, -0.15) is 0 Å². The summed E-state index contributed by atoms with van der Waals surface area (Å²) < 4.78 is 0. The maximum Gasteiger partial charge on any atom is 0.0424 e. The van der Waals surface area contributed by atoms with Crippen LogP contribution >= 0.6 is 0 Å². The molecule has 0 spiro atoms. The number of hydrogen-bond acceptors (Lipinski definition) is 2. The van der Waals surface area contributed by atoms with Crippen molar-refractivity contribution in [3.63, 3.8) is 0 Å². The SMILES string of the molecule is CCN(C)CC(N)c1ccc(-c2ccccc2)cc1. The highest BCUT2D eigenvalue weighted by Crippen LogP contribution is 2.21. The molecule has 0 aliphatic rings. The van der Waals surface area contributed by atoms with Crippen molar-refractivity contribution in [3.05, 3.63) is 60.2 Å². The van der Waals surface area contributed by atoms with Crippen LogP contribution in [0.2, 0.25) is 0 Å². The summed E-state index contributed by atoms with van der Waals surface area (Å²) in [6.45, 7) is 4.06. The predicted molar refractivity (Wildman–Crippen MR) is 82.0 cm³/mol. The van der Waals surface area contributed by atoms with E-state index in [1.54, 1.807) is 0 Å². The molecule has 2 nitrogen and oxygen atoms in total. The van der Waals surface area contributed by atoms with E-state index < -0.39 is 0 Å². The maximum atomic E-state index is 6.22. The third-order valence-electron chi connectivity index (χ3n) is 3.49. The molecule has 0 heterocycles. The largest absolute Gasteiger partial charge is 0.323 e. The first-order valence-electron chi connectivity index (χ1n) is 6.80. The van der Waals surface area contributed by atoms with Gasteiger partial charge in [-0.25, -0.2) is 0 Å². The summed E-state index contributed by atoms with van der Waals surface area (Å²) in [6.07, 6.45) is 0. The Hall–Kier alpha value is -1.64. The smallest absolute Gasteiger partial charge is 0.0424 e. The average molecular weight is 254 g/mol. The minimum absolute atomic E-state index is 0.0785. The first kappa shape index (κ1) is 13.8. The van der Waals surface area contributed by atoms with E-state index in [4.69, 9.17) is 5.73 Å². The van der Waals surface area contributed by atoms with E-state index in [-0.39, 0.29) is 6.04 Å². The standard InChI is InChI=1S/C17H22N2/c1-3-19(2)13-17(18)16-11-9-15(10-12-16)14-7-5-4-6-8-14/h4-12,17H,3,13,18H2,1-2H3. The van der Waals surface area contributed by atoms with E-state index in [2.05, 4.69) is 67.4 Å². The van der Waals surface area contributed by atoms with Crippen molar-refractivity contribution in [2.24, 2.45) is 5.73 Å². The Labute approximate surface area is 115 Å². The highest BCUT2D eigenvalue weighted by molar-refractivity contribution is 5.63. The topological polar surface area (TPSA) is 29.3 Å². The number of hydrogen-bond donors (Lipinski definition) is 1. The highest BCUT2D eigenvalue weighted by atomic mass is 15.1. The fourth-order valence-electron chi connectivity index (χ4n) is 2.12. The summed E-state index contributed by atoms with van der Waals surface area (Å²) in [5, 5.41) is 0. The lowest BCUT2D eigenvalue weighted by molar-refractivity contribution is 0.329. The minimum Gasteiger partial charge on any atom is -0.323 e. The maximum absolute atomic E-state index is 6.22. The van der Waals surface area contributed by atoms with Gasteiger partial charge in [0.1, 0.15) is 0 Å². The normalized spacial score (nSPS) is 12.6. The van der Waals surface area contributed by atoms with Crippen LogP contribution in [-0.4, -0.2) is 25.0 Å². The summed E-state index contributed by atoms with van der Waals surface area (Å²) in [5.41, 5.74) is 9.89. The Morgan fingerprint density at radius 3 is 2.11 bits per heavy atom. The van der Waals surface area contributed by atoms with Gasteiger partial charge in [0, 0.05) is 12.6 Å². The molecule has 0 saturated heterocycles. The van der Waals surface area contributed by atoms with Gasteiger partial charge >= 0.3 is 0 Å². The van der Waals surface area contributed by atoms with Crippen LogP contribution in [0.4, 0.5) is 0 Å². The van der Waals surface area contributed by atoms with Crippen molar-refractivity contribution >= 4 is 0 Å². The Bertz CT molecular complexity index is 490. The lowest BCUT2D eigenvalue weighted by Gasteiger charge is -2.20. The first-order chi connectivity index (χ1) is 9.20. The summed E-state index contributed by atoms with van der Waals surface area (Å²) in [6, 6.07) is 19.1. The number of nitrogens with two attached hydrogens (primary N) is 1. The molecule has 100 valence electrons. The Kier molecular flexibility index (Phi) is 4.72. The van der Waals surface area contributed by atoms with Crippen LogP contribution in [0, 0.1) is 0 Å². The summed E-state index contributed by atoms with van der Waals surface area (Å²) >= 11 is 0. The van der Waals surface area contributed by atoms with Gasteiger partial charge in [0.15, 0.2) is 0 Å². The molecular formula is C17H22N2. The van der Waals surface area contributed by atoms with Crippen LogP contribution in [0.5, 0.6) is 0 Å². The van der Waals surface area contributed by atoms with Gasteiger partial charge in [-0.15, -0.1) is 0 Å². The molecule has 0 aliphatic carbocycles. The van der Waals surface area contributed by atoms with Crippen molar-refractivity contribution in [2.75, 3.05) is 20.1 Å². The van der Waals surface area contributed by atoms with Crippen LogP contribution in [0.3, 0.4) is 0 Å². The van der Waals surface area contributed by atoms with Crippen LogP contribution in [0.1, 0.15) is 18.5 Å². The lowest BCUT2D eigenvalue weighted by atomic mass is 10.0. The van der Waals surface area contributed by atoms with Gasteiger partial charge in [0.25, 0.3) is 0 Å². The Morgan fingerprint density at radius 2 is 1.53 bits per heavy atom. The molecule has 0 aliphatic heterocycles. The van der Waals surface area contributed by atoms with E-state index in [0.717, 1.165) is 13.1 Å². The summed E-state index contributed by atoms with van der Waals surface area (Å²) in [5.74, 6) is 0. The number of nitrogens with zero attached hydrogens (tertiary/aromatic N) is 1. The molecule has 2 rings (SSSR count). The fourth-order valence-corrected chi connectivity index (χ4v) is 2.12. The molecule has 1 atom stereocenters. The van der Waals surface area contributed by atoms with Gasteiger partial charge in [-0.1, -0.05) is 61.5 Å². The van der Waals surface area contributed by atoms with E-state index in [9.17, 15) is 0 Å². The van der Waals surface area contributed by atoms with Crippen LogP contribution in [0.15, 0.2) is 54.6 Å². The Morgan fingerprint density at radius 1 is 0.947 bits per heavy atom. The summed E-state index contributed by atoms with van der Waals surface area (Å²) in [4.78, 5) is 2.23. The van der Waals surface area contributed by atoms with Crippen molar-refractivity contribution in [1.82, 2.24) is 4.90 Å². The molecule has 0 aromatic heterocycles. The zero-order valence-corrected chi connectivity index (χ0v) is 11.7. The van der Waals surface area contributed by atoms with Gasteiger partial charge in [-0.3, -0.25) is 0 Å². The zero-order chi connectivity index (χ0) is 13.7. The highest BCUT2D eigenvalue weighted by Gasteiger charge is 2.08. The third kappa shape index (κ3) is 3.66. The minimum atomic E-state index is 0.0785. The van der Waals surface area contributed by atoms with Crippen molar-refractivity contribution in [1.29, 1.82) is 0 Å². The lowest BCUT2D eigenvalue weighted by Crippen LogP contribution is -2.28. The second kappa shape index (κ2) is 6.50. The van der Waals surface area contributed by atoms with Gasteiger partial charge < -0.3 is 10.6 Å². The molecule has 0 radical (unpaired) electrons. The summed E-state index contributed by atoms with van der Waals surface area (Å²) in [7, 11) is 2.10. The number of likely N-dealkylation sites (N-methyl/N-ethyl adjacent to an activating group) is 1. The molecular weight excluding hydrogens is 232 g/mol. The van der Waals surface area contributed by atoms with Crippen molar-refractivity contribution < 1.29 is 0 Å². The quantitative estimate of drug-likeness (QED) is 0.887. The zero-order valence-electron chi connectivity index (χ0n) is 11.7. The van der Waals surface area contributed by atoms with Crippen LogP contribution in [-0.2, 0) is 0 Å². The second-order valence-electron chi connectivity index (χ2n) is 4.95. The molecule has 0 bridgehead atoms. The van der Waals surface area contributed by atoms with E-state index in [1.165, 1.54) is 16.7 Å². The number of rotatable bonds is 5. The Balaban J connectivity index is 2.10. The van der Waals surface area contributed by atoms with Gasteiger partial charge in [0.2, 0.25) is 0 Å². The molecule has 1 unspecified atom stereocenters. The monoisotopic (exact) mass is 254 g/mol. The molecule has 0 saturated carbocycles.